The number of nitrogens with one attached hydrogen (secondary N) is 1. The van der Waals surface area contributed by atoms with Gasteiger partial charge in [0.2, 0.25) is 17.8 Å². The van der Waals surface area contributed by atoms with Crippen molar-refractivity contribution in [2.24, 2.45) is 0 Å². The molecule has 1 aromatic heterocycles. The number of carbonyl (C=O) groups is 1. The number of ether oxygens (including phenoxy) is 2. The fraction of sp³-hybridized carbons (Fsp3) is 0.474. The van der Waals surface area contributed by atoms with Crippen LogP contribution in [0.3, 0.4) is 0 Å². The molecule has 0 aliphatic carbocycles. The van der Waals surface area contributed by atoms with E-state index in [4.69, 9.17) is 21.1 Å². The van der Waals surface area contributed by atoms with Gasteiger partial charge in [-0.25, -0.2) is 4.39 Å². The van der Waals surface area contributed by atoms with Crippen molar-refractivity contribution in [3.8, 4) is 0 Å². The van der Waals surface area contributed by atoms with Crippen LogP contribution in [0.2, 0.25) is 5.02 Å². The highest BCUT2D eigenvalue weighted by Gasteiger charge is 2.21. The number of morpholine rings is 2. The molecule has 166 valence electrons. The molecule has 3 heterocycles. The highest BCUT2D eigenvalue weighted by atomic mass is 35.5. The number of hydrogen-bond donors (Lipinski definition) is 1. The Kier molecular flexibility index (Phi) is 7.38. The van der Waals surface area contributed by atoms with Crippen molar-refractivity contribution in [3.63, 3.8) is 0 Å². The Morgan fingerprint density at radius 1 is 1.03 bits per heavy atom. The van der Waals surface area contributed by atoms with Gasteiger partial charge in [-0.3, -0.25) is 4.79 Å². The van der Waals surface area contributed by atoms with Crippen LogP contribution in [0.4, 0.5) is 22.0 Å². The monoisotopic (exact) mass is 468 g/mol. The lowest BCUT2D eigenvalue weighted by atomic mass is 10.3. The van der Waals surface area contributed by atoms with Gasteiger partial charge in [0.05, 0.1) is 37.2 Å². The van der Waals surface area contributed by atoms with Crippen LogP contribution >= 0.6 is 23.4 Å². The number of rotatable bonds is 6. The highest BCUT2D eigenvalue weighted by Crippen LogP contribution is 2.23. The Morgan fingerprint density at radius 2 is 1.61 bits per heavy atom. The predicted octanol–water partition coefficient (Wildman–Crippen LogP) is 2.07. The molecule has 1 N–H and O–H groups in total. The summed E-state index contributed by atoms with van der Waals surface area (Å²) in [4.78, 5) is 30.2. The summed E-state index contributed by atoms with van der Waals surface area (Å²) in [6.45, 7) is 5.25. The first-order chi connectivity index (χ1) is 15.1. The van der Waals surface area contributed by atoms with Crippen molar-refractivity contribution < 1.29 is 18.7 Å². The first-order valence-corrected chi connectivity index (χ1v) is 11.2. The van der Waals surface area contributed by atoms with E-state index in [1.54, 1.807) is 0 Å². The van der Waals surface area contributed by atoms with E-state index in [2.05, 4.69) is 30.1 Å². The minimum Gasteiger partial charge on any atom is -0.378 e. The third-order valence-electron chi connectivity index (χ3n) is 4.71. The van der Waals surface area contributed by atoms with Crippen molar-refractivity contribution in [2.45, 2.75) is 5.16 Å². The zero-order chi connectivity index (χ0) is 21.6. The Labute approximate surface area is 188 Å². The molecule has 0 bridgehead atoms. The van der Waals surface area contributed by atoms with Gasteiger partial charge in [-0.05, 0) is 18.2 Å². The molecular formula is C19H22ClFN6O3S. The van der Waals surface area contributed by atoms with Crippen molar-refractivity contribution in [1.29, 1.82) is 0 Å². The van der Waals surface area contributed by atoms with Crippen LogP contribution in [-0.4, -0.2) is 79.2 Å². The van der Waals surface area contributed by atoms with E-state index in [-0.39, 0.29) is 16.7 Å². The van der Waals surface area contributed by atoms with Crippen molar-refractivity contribution >= 4 is 46.9 Å². The lowest BCUT2D eigenvalue weighted by Crippen LogP contribution is -2.40. The summed E-state index contributed by atoms with van der Waals surface area (Å²) in [5.74, 6) is 0.435. The van der Waals surface area contributed by atoms with Crippen LogP contribution < -0.4 is 15.1 Å². The summed E-state index contributed by atoms with van der Waals surface area (Å²) in [6, 6.07) is 4.04. The Morgan fingerprint density at radius 3 is 2.16 bits per heavy atom. The number of amides is 1. The summed E-state index contributed by atoms with van der Waals surface area (Å²) in [7, 11) is 0. The van der Waals surface area contributed by atoms with E-state index < -0.39 is 5.82 Å². The third kappa shape index (κ3) is 5.94. The van der Waals surface area contributed by atoms with Crippen molar-refractivity contribution in [1.82, 2.24) is 15.0 Å². The molecule has 1 amide bonds. The summed E-state index contributed by atoms with van der Waals surface area (Å²) in [5, 5.41) is 3.12. The van der Waals surface area contributed by atoms with Crippen LogP contribution in [0, 0.1) is 5.82 Å². The fourth-order valence-electron chi connectivity index (χ4n) is 3.11. The molecule has 4 rings (SSSR count). The molecule has 0 atom stereocenters. The summed E-state index contributed by atoms with van der Waals surface area (Å²) >= 11 is 6.98. The highest BCUT2D eigenvalue weighted by molar-refractivity contribution is 7.99. The van der Waals surface area contributed by atoms with Gasteiger partial charge in [-0.1, -0.05) is 23.4 Å². The third-order valence-corrected chi connectivity index (χ3v) is 5.85. The maximum atomic E-state index is 13.3. The summed E-state index contributed by atoms with van der Waals surface area (Å²) in [6.07, 6.45) is 0. The van der Waals surface area contributed by atoms with E-state index in [0.29, 0.717) is 75.3 Å². The normalized spacial score (nSPS) is 17.0. The number of halogens is 2. The topological polar surface area (TPSA) is 92.7 Å². The second-order valence-corrected chi connectivity index (χ2v) is 8.23. The zero-order valence-corrected chi connectivity index (χ0v) is 18.3. The Bertz CT molecular complexity index is 891. The van der Waals surface area contributed by atoms with Gasteiger partial charge in [-0.15, -0.1) is 0 Å². The second kappa shape index (κ2) is 10.4. The molecule has 0 radical (unpaired) electrons. The lowest BCUT2D eigenvalue weighted by molar-refractivity contribution is -0.113. The van der Waals surface area contributed by atoms with E-state index >= 15 is 0 Å². The number of nitrogens with zero attached hydrogens (tertiary/aromatic N) is 5. The average Bonchev–Trinajstić information content (AvgIpc) is 2.81. The van der Waals surface area contributed by atoms with Crippen LogP contribution in [0.1, 0.15) is 0 Å². The van der Waals surface area contributed by atoms with E-state index in [0.717, 1.165) is 0 Å². The van der Waals surface area contributed by atoms with Crippen LogP contribution in [0.5, 0.6) is 0 Å². The van der Waals surface area contributed by atoms with Crippen LogP contribution in [0.25, 0.3) is 0 Å². The summed E-state index contributed by atoms with van der Waals surface area (Å²) in [5.41, 5.74) is 0.427. The molecule has 2 aromatic rings. The number of thioether (sulfide) groups is 1. The molecule has 2 aliphatic heterocycles. The molecular weight excluding hydrogens is 447 g/mol. The zero-order valence-electron chi connectivity index (χ0n) is 16.7. The van der Waals surface area contributed by atoms with Gasteiger partial charge in [0.25, 0.3) is 0 Å². The molecule has 1 aromatic carbocycles. The van der Waals surface area contributed by atoms with Crippen molar-refractivity contribution in [2.75, 3.05) is 73.5 Å². The molecule has 2 aliphatic rings. The Balaban J connectivity index is 1.46. The molecule has 12 heteroatoms. The minimum absolute atomic E-state index is 0.0479. The lowest BCUT2D eigenvalue weighted by Gasteiger charge is -2.30. The molecule has 2 fully saturated rings. The van der Waals surface area contributed by atoms with Gasteiger partial charge in [-0.2, -0.15) is 15.0 Å². The minimum atomic E-state index is -0.537. The van der Waals surface area contributed by atoms with Crippen molar-refractivity contribution in [3.05, 3.63) is 29.0 Å². The number of benzene rings is 1. The molecule has 9 nitrogen and oxygen atoms in total. The number of aromatic nitrogens is 3. The average molecular weight is 469 g/mol. The fourth-order valence-corrected chi connectivity index (χ4v) is 3.92. The quantitative estimate of drug-likeness (QED) is 0.639. The number of anilines is 3. The van der Waals surface area contributed by atoms with Gasteiger partial charge in [0.15, 0.2) is 5.16 Å². The smallest absolute Gasteiger partial charge is 0.234 e. The molecule has 2 saturated heterocycles. The second-order valence-electron chi connectivity index (χ2n) is 6.88. The standard InChI is InChI=1S/C19H22ClFN6O3S/c20-14-11-13(1-2-15(14)21)22-16(28)12-31-19-24-17(26-3-7-29-8-4-26)23-18(25-19)27-5-9-30-10-6-27/h1-2,11H,3-10,12H2,(H,22,28). The van der Waals surface area contributed by atoms with Gasteiger partial charge >= 0.3 is 0 Å². The summed E-state index contributed by atoms with van der Waals surface area (Å²) < 4.78 is 24.1. The SMILES string of the molecule is O=C(CSc1nc(N2CCOCC2)nc(N2CCOCC2)n1)Nc1ccc(F)c(Cl)c1. The first kappa shape index (κ1) is 22.0. The maximum Gasteiger partial charge on any atom is 0.234 e. The Hall–Kier alpha value is -2.21. The van der Waals surface area contributed by atoms with Gasteiger partial charge in [0, 0.05) is 31.9 Å². The van der Waals surface area contributed by atoms with E-state index in [1.807, 2.05) is 0 Å². The van der Waals surface area contributed by atoms with Crippen LogP contribution in [-0.2, 0) is 14.3 Å². The number of carbonyl (C=O) groups excluding carboxylic acids is 1. The van der Waals surface area contributed by atoms with E-state index in [1.165, 1.54) is 30.0 Å². The van der Waals surface area contributed by atoms with Gasteiger partial charge in [0.1, 0.15) is 5.82 Å². The molecule has 0 unspecified atom stereocenters. The molecule has 0 saturated carbocycles. The molecule has 31 heavy (non-hydrogen) atoms. The first-order valence-electron chi connectivity index (χ1n) is 9.87. The van der Waals surface area contributed by atoms with E-state index in [9.17, 15) is 9.18 Å². The van der Waals surface area contributed by atoms with Gasteiger partial charge < -0.3 is 24.6 Å². The van der Waals surface area contributed by atoms with Crippen LogP contribution in [0.15, 0.2) is 23.4 Å². The largest absolute Gasteiger partial charge is 0.378 e. The predicted molar refractivity (Wildman–Crippen MR) is 117 cm³/mol. The maximum absolute atomic E-state index is 13.3. The number of hydrogen-bond acceptors (Lipinski definition) is 9. The molecule has 0 spiro atoms.